The van der Waals surface area contributed by atoms with E-state index < -0.39 is 29.8 Å². The number of rotatable bonds is 9. The molecule has 0 aliphatic carbocycles. The molecule has 1 aromatic rings. The number of nitrogens with one attached hydrogen (secondary N) is 3. The van der Waals surface area contributed by atoms with Crippen LogP contribution in [0.3, 0.4) is 0 Å². The number of hydrogen-bond acceptors (Lipinski definition) is 5. The monoisotopic (exact) mass is 349 g/mol. The maximum atomic E-state index is 12.3. The first-order chi connectivity index (χ1) is 11.8. The second-order valence-electron chi connectivity index (χ2n) is 6.27. The largest absolute Gasteiger partial charge is 0.345 e. The quantitative estimate of drug-likeness (QED) is 0.225. The lowest BCUT2D eigenvalue weighted by Gasteiger charge is -2.22. The number of benzene rings is 1. The predicted octanol–water partition coefficient (Wildman–Crippen LogP) is -0.807. The minimum Gasteiger partial charge on any atom is -0.345 e. The molecule has 0 fully saturated rings. The van der Waals surface area contributed by atoms with Crippen molar-refractivity contribution in [2.75, 3.05) is 6.54 Å². The molecule has 25 heavy (non-hydrogen) atoms. The number of hydrazine groups is 1. The van der Waals surface area contributed by atoms with Crippen LogP contribution < -0.4 is 27.6 Å². The Bertz CT molecular complexity index is 577. The smallest absolute Gasteiger partial charge is 0.253 e. The van der Waals surface area contributed by atoms with Crippen molar-refractivity contribution in [2.24, 2.45) is 17.5 Å². The standard InChI is InChI=1S/C17H27N5O3/c1-11(2)8-14(17(25)20-10-15(23)22-19)21-16(24)13(18)9-12-6-4-3-5-7-12/h3-7,11,13-14H,8-10,18-19H2,1-2H3,(H,20,25)(H,21,24)(H,22,23). The molecule has 0 heterocycles. The van der Waals surface area contributed by atoms with E-state index in [0.29, 0.717) is 12.8 Å². The molecule has 0 saturated heterocycles. The maximum absolute atomic E-state index is 12.3. The Balaban J connectivity index is 2.64. The minimum atomic E-state index is -0.766. The third-order valence-corrected chi connectivity index (χ3v) is 3.56. The van der Waals surface area contributed by atoms with Crippen LogP contribution in [0.1, 0.15) is 25.8 Å². The van der Waals surface area contributed by atoms with Crippen LogP contribution >= 0.6 is 0 Å². The molecule has 0 aliphatic rings. The van der Waals surface area contributed by atoms with Gasteiger partial charge in [0.1, 0.15) is 6.04 Å². The van der Waals surface area contributed by atoms with E-state index >= 15 is 0 Å². The van der Waals surface area contributed by atoms with Gasteiger partial charge in [0.15, 0.2) is 0 Å². The zero-order valence-electron chi connectivity index (χ0n) is 14.6. The number of nitrogens with two attached hydrogens (primary N) is 2. The zero-order valence-corrected chi connectivity index (χ0v) is 14.6. The summed E-state index contributed by atoms with van der Waals surface area (Å²) in [6.45, 7) is 3.61. The molecule has 3 amide bonds. The molecule has 1 rings (SSSR count). The summed E-state index contributed by atoms with van der Waals surface area (Å²) in [5.41, 5.74) is 8.81. The Morgan fingerprint density at radius 1 is 1.08 bits per heavy atom. The highest BCUT2D eigenvalue weighted by molar-refractivity contribution is 5.91. The van der Waals surface area contributed by atoms with Crippen LogP contribution in [0.4, 0.5) is 0 Å². The van der Waals surface area contributed by atoms with Crippen molar-refractivity contribution >= 4 is 17.7 Å². The van der Waals surface area contributed by atoms with Crippen LogP contribution in [-0.4, -0.2) is 36.3 Å². The fourth-order valence-electron chi connectivity index (χ4n) is 2.28. The maximum Gasteiger partial charge on any atom is 0.253 e. The van der Waals surface area contributed by atoms with Gasteiger partial charge < -0.3 is 16.4 Å². The molecule has 0 spiro atoms. The Morgan fingerprint density at radius 2 is 1.72 bits per heavy atom. The summed E-state index contributed by atoms with van der Waals surface area (Å²) in [6.07, 6.45) is 0.804. The lowest BCUT2D eigenvalue weighted by Crippen LogP contribution is -2.53. The average Bonchev–Trinajstić information content (AvgIpc) is 2.59. The highest BCUT2D eigenvalue weighted by atomic mass is 16.2. The van der Waals surface area contributed by atoms with Gasteiger partial charge in [0, 0.05) is 0 Å². The first kappa shape index (κ1) is 20.6. The Labute approximate surface area is 147 Å². The molecule has 0 aromatic heterocycles. The van der Waals surface area contributed by atoms with Crippen molar-refractivity contribution < 1.29 is 14.4 Å². The van der Waals surface area contributed by atoms with Crippen molar-refractivity contribution in [3.63, 3.8) is 0 Å². The first-order valence-corrected chi connectivity index (χ1v) is 8.20. The van der Waals surface area contributed by atoms with Gasteiger partial charge in [-0.15, -0.1) is 0 Å². The topological polar surface area (TPSA) is 139 Å². The van der Waals surface area contributed by atoms with Crippen molar-refractivity contribution in [1.29, 1.82) is 0 Å². The van der Waals surface area contributed by atoms with Crippen LogP contribution in [0.25, 0.3) is 0 Å². The highest BCUT2D eigenvalue weighted by Crippen LogP contribution is 2.07. The van der Waals surface area contributed by atoms with Crippen LogP contribution in [0, 0.1) is 5.92 Å². The highest BCUT2D eigenvalue weighted by Gasteiger charge is 2.25. The Kier molecular flexibility index (Phi) is 8.59. The van der Waals surface area contributed by atoms with Gasteiger partial charge in [-0.05, 0) is 24.3 Å². The molecule has 0 saturated carbocycles. The molecule has 7 N–H and O–H groups in total. The third-order valence-electron chi connectivity index (χ3n) is 3.56. The molecule has 8 nitrogen and oxygen atoms in total. The van der Waals surface area contributed by atoms with Gasteiger partial charge in [-0.2, -0.15) is 0 Å². The van der Waals surface area contributed by atoms with Gasteiger partial charge in [0.2, 0.25) is 11.8 Å². The number of amides is 3. The minimum absolute atomic E-state index is 0.171. The second kappa shape index (κ2) is 10.4. The van der Waals surface area contributed by atoms with E-state index in [1.54, 1.807) is 0 Å². The molecule has 1 aromatic carbocycles. The molecule has 8 heteroatoms. The zero-order chi connectivity index (χ0) is 18.8. The van der Waals surface area contributed by atoms with Gasteiger partial charge in [-0.3, -0.25) is 19.8 Å². The number of carbonyl (C=O) groups excluding carboxylic acids is 3. The average molecular weight is 349 g/mol. The normalized spacial score (nSPS) is 13.0. The summed E-state index contributed by atoms with van der Waals surface area (Å²) in [5, 5.41) is 5.12. The fourth-order valence-corrected chi connectivity index (χ4v) is 2.28. The van der Waals surface area contributed by atoms with E-state index in [-0.39, 0.29) is 12.5 Å². The SMILES string of the molecule is CC(C)CC(NC(=O)C(N)Cc1ccccc1)C(=O)NCC(=O)NN. The Morgan fingerprint density at radius 3 is 2.28 bits per heavy atom. The van der Waals surface area contributed by atoms with Crippen molar-refractivity contribution in [1.82, 2.24) is 16.1 Å². The second-order valence-corrected chi connectivity index (χ2v) is 6.27. The fraction of sp³-hybridized carbons (Fsp3) is 0.471. The van der Waals surface area contributed by atoms with Crippen LogP contribution in [0.15, 0.2) is 30.3 Å². The van der Waals surface area contributed by atoms with E-state index in [4.69, 9.17) is 11.6 Å². The van der Waals surface area contributed by atoms with Crippen LogP contribution in [0.2, 0.25) is 0 Å². The van der Waals surface area contributed by atoms with Gasteiger partial charge in [-0.1, -0.05) is 44.2 Å². The van der Waals surface area contributed by atoms with Crippen LogP contribution in [0.5, 0.6) is 0 Å². The van der Waals surface area contributed by atoms with Gasteiger partial charge in [0.05, 0.1) is 12.6 Å². The summed E-state index contributed by atoms with van der Waals surface area (Å²) >= 11 is 0. The molecule has 2 unspecified atom stereocenters. The molecular formula is C17H27N5O3. The van der Waals surface area contributed by atoms with E-state index in [1.807, 2.05) is 49.6 Å². The van der Waals surface area contributed by atoms with Gasteiger partial charge >= 0.3 is 0 Å². The van der Waals surface area contributed by atoms with Crippen molar-refractivity contribution in [3.05, 3.63) is 35.9 Å². The summed E-state index contributed by atoms with van der Waals surface area (Å²) in [7, 11) is 0. The van der Waals surface area contributed by atoms with E-state index in [9.17, 15) is 14.4 Å². The lowest BCUT2D eigenvalue weighted by atomic mass is 10.0. The third kappa shape index (κ3) is 7.77. The van der Waals surface area contributed by atoms with Crippen molar-refractivity contribution in [3.8, 4) is 0 Å². The Hall–Kier alpha value is -2.45. The van der Waals surface area contributed by atoms with E-state index in [2.05, 4.69) is 10.6 Å². The van der Waals surface area contributed by atoms with Gasteiger partial charge in [0.25, 0.3) is 5.91 Å². The predicted molar refractivity (Wildman–Crippen MR) is 94.8 cm³/mol. The van der Waals surface area contributed by atoms with E-state index in [1.165, 1.54) is 0 Å². The summed E-state index contributed by atoms with van der Waals surface area (Å²) in [5.74, 6) is 3.76. The van der Waals surface area contributed by atoms with Crippen LogP contribution in [-0.2, 0) is 20.8 Å². The molecular weight excluding hydrogens is 322 g/mol. The first-order valence-electron chi connectivity index (χ1n) is 8.20. The molecule has 0 aliphatic heterocycles. The summed E-state index contributed by atoms with van der Waals surface area (Å²) < 4.78 is 0. The van der Waals surface area contributed by atoms with Crippen molar-refractivity contribution in [2.45, 2.75) is 38.8 Å². The summed E-state index contributed by atoms with van der Waals surface area (Å²) in [4.78, 5) is 35.7. The van der Waals surface area contributed by atoms with Gasteiger partial charge in [-0.25, -0.2) is 5.84 Å². The van der Waals surface area contributed by atoms with E-state index in [0.717, 1.165) is 5.56 Å². The summed E-state index contributed by atoms with van der Waals surface area (Å²) in [6, 6.07) is 7.87. The lowest BCUT2D eigenvalue weighted by molar-refractivity contribution is -0.131. The molecule has 138 valence electrons. The molecule has 2 atom stereocenters. The molecule has 0 radical (unpaired) electrons. The number of carbonyl (C=O) groups is 3. The molecule has 0 bridgehead atoms. The number of hydrogen-bond donors (Lipinski definition) is 5.